The van der Waals surface area contributed by atoms with Gasteiger partial charge in [-0.25, -0.2) is 0 Å². The van der Waals surface area contributed by atoms with Crippen molar-refractivity contribution >= 4 is 17.9 Å². The van der Waals surface area contributed by atoms with Crippen LogP contribution in [0.2, 0.25) is 0 Å². The lowest BCUT2D eigenvalue weighted by molar-refractivity contribution is -0.167. The lowest BCUT2D eigenvalue weighted by atomic mass is 10.1. The first-order valence-corrected chi connectivity index (χ1v) is 34.7. The molecule has 0 aromatic heterocycles. The highest BCUT2D eigenvalue weighted by molar-refractivity contribution is 5.71. The topological polar surface area (TPSA) is 78.9 Å². The van der Waals surface area contributed by atoms with E-state index >= 15 is 0 Å². The van der Waals surface area contributed by atoms with E-state index in [0.717, 1.165) is 148 Å². The second-order valence-electron chi connectivity index (χ2n) is 22.7. The lowest BCUT2D eigenvalue weighted by Gasteiger charge is -2.18. The normalized spacial score (nSPS) is 13.0. The zero-order valence-corrected chi connectivity index (χ0v) is 54.2. The van der Waals surface area contributed by atoms with Gasteiger partial charge in [0.1, 0.15) is 13.2 Å². The lowest BCUT2D eigenvalue weighted by Crippen LogP contribution is -2.30. The number of hydrogen-bond acceptors (Lipinski definition) is 6. The summed E-state index contributed by atoms with van der Waals surface area (Å²) in [5.41, 5.74) is 0. The molecular weight excluding hydrogens is 1020 g/mol. The molecule has 6 nitrogen and oxygen atoms in total. The molecule has 1 unspecified atom stereocenters. The van der Waals surface area contributed by atoms with Crippen molar-refractivity contribution in [3.8, 4) is 0 Å². The predicted octanol–water partition coefficient (Wildman–Crippen LogP) is 24.1. The number of carbonyl (C=O) groups excluding carboxylic acids is 3. The van der Waals surface area contributed by atoms with Crippen molar-refractivity contribution in [2.45, 2.75) is 322 Å². The van der Waals surface area contributed by atoms with Gasteiger partial charge < -0.3 is 14.2 Å². The highest BCUT2D eigenvalue weighted by atomic mass is 16.6. The molecule has 472 valence electrons. The monoisotopic (exact) mass is 1150 g/mol. The molecule has 0 saturated heterocycles. The third-order valence-corrected chi connectivity index (χ3v) is 14.6. The quantitative estimate of drug-likeness (QED) is 0.0261. The van der Waals surface area contributed by atoms with Crippen LogP contribution >= 0.6 is 0 Å². The molecule has 0 aromatic carbocycles. The summed E-state index contributed by atoms with van der Waals surface area (Å²) in [6, 6.07) is 0. The number of esters is 3. The number of carbonyl (C=O) groups is 3. The summed E-state index contributed by atoms with van der Waals surface area (Å²) in [7, 11) is 0. The molecule has 0 aliphatic heterocycles. The number of allylic oxidation sites excluding steroid dienone is 22. The van der Waals surface area contributed by atoms with Crippen LogP contribution in [0, 0.1) is 0 Å². The summed E-state index contributed by atoms with van der Waals surface area (Å²) in [5, 5.41) is 0. The largest absolute Gasteiger partial charge is 0.462 e. The molecule has 0 spiro atoms. The van der Waals surface area contributed by atoms with Gasteiger partial charge in [-0.05, 0) is 141 Å². The van der Waals surface area contributed by atoms with Gasteiger partial charge in [-0.15, -0.1) is 0 Å². The molecule has 0 amide bonds. The molecule has 0 aromatic rings. The smallest absolute Gasteiger partial charge is 0.306 e. The van der Waals surface area contributed by atoms with E-state index in [2.05, 4.69) is 154 Å². The third kappa shape index (κ3) is 68.2. The molecule has 0 heterocycles. The summed E-state index contributed by atoms with van der Waals surface area (Å²) >= 11 is 0. The van der Waals surface area contributed by atoms with Crippen molar-refractivity contribution in [1.82, 2.24) is 0 Å². The molecule has 0 aliphatic rings. The maximum Gasteiger partial charge on any atom is 0.306 e. The van der Waals surface area contributed by atoms with Gasteiger partial charge >= 0.3 is 17.9 Å². The molecule has 0 bridgehead atoms. The van der Waals surface area contributed by atoms with Crippen molar-refractivity contribution in [3.63, 3.8) is 0 Å². The van der Waals surface area contributed by atoms with Gasteiger partial charge in [0.2, 0.25) is 0 Å². The van der Waals surface area contributed by atoms with Crippen LogP contribution in [-0.2, 0) is 28.6 Å². The first kappa shape index (κ1) is 78.5. The van der Waals surface area contributed by atoms with Crippen molar-refractivity contribution in [3.05, 3.63) is 134 Å². The fourth-order valence-electron chi connectivity index (χ4n) is 9.43. The van der Waals surface area contributed by atoms with Crippen molar-refractivity contribution in [2.24, 2.45) is 0 Å². The van der Waals surface area contributed by atoms with Crippen LogP contribution < -0.4 is 0 Å². The first-order chi connectivity index (χ1) is 41.0. The Labute approximate surface area is 513 Å². The van der Waals surface area contributed by atoms with Crippen LogP contribution in [0.1, 0.15) is 316 Å². The molecule has 0 radical (unpaired) electrons. The van der Waals surface area contributed by atoms with E-state index in [0.29, 0.717) is 19.3 Å². The van der Waals surface area contributed by atoms with Gasteiger partial charge in [-0.2, -0.15) is 0 Å². The molecule has 83 heavy (non-hydrogen) atoms. The van der Waals surface area contributed by atoms with E-state index < -0.39 is 6.10 Å². The fourth-order valence-corrected chi connectivity index (χ4v) is 9.43. The molecule has 6 heteroatoms. The second-order valence-corrected chi connectivity index (χ2v) is 22.7. The Bertz CT molecular complexity index is 1750. The molecule has 0 saturated carbocycles. The minimum Gasteiger partial charge on any atom is -0.462 e. The Kier molecular flexibility index (Phi) is 66.3. The van der Waals surface area contributed by atoms with Crippen molar-refractivity contribution in [2.75, 3.05) is 13.2 Å². The SMILES string of the molecule is CC/C=C\C/C=C\C/C=C\C/C=C\C/C=C\C/C=C\C/C=C\CCCCCCCC(=O)OCC(COC(=O)CCCCCCC/C=C\CCCCCCCC)OC(=O)CCCCCCCCCC/C=C\C/C=C\C/C=C\CCCCCCC. The van der Waals surface area contributed by atoms with Gasteiger partial charge in [0.25, 0.3) is 0 Å². The number of rotatable bonds is 62. The zero-order chi connectivity index (χ0) is 59.9. The summed E-state index contributed by atoms with van der Waals surface area (Å²) in [5.74, 6) is -0.923. The molecule has 0 aliphatic carbocycles. The van der Waals surface area contributed by atoms with Gasteiger partial charge in [-0.1, -0.05) is 289 Å². The maximum atomic E-state index is 13.0. The predicted molar refractivity (Wildman–Crippen MR) is 362 cm³/mol. The van der Waals surface area contributed by atoms with E-state index in [1.54, 1.807) is 0 Å². The number of unbranched alkanes of at least 4 members (excludes halogenated alkanes) is 29. The Morgan fingerprint density at radius 3 is 0.747 bits per heavy atom. The van der Waals surface area contributed by atoms with Gasteiger partial charge in [0.15, 0.2) is 6.10 Å². The zero-order valence-electron chi connectivity index (χ0n) is 54.2. The Morgan fingerprint density at radius 1 is 0.253 bits per heavy atom. The van der Waals surface area contributed by atoms with Gasteiger partial charge in [0, 0.05) is 19.3 Å². The summed E-state index contributed by atoms with van der Waals surface area (Å²) in [6.07, 6.45) is 98.9. The van der Waals surface area contributed by atoms with Crippen LogP contribution in [0.3, 0.4) is 0 Å². The average Bonchev–Trinajstić information content (AvgIpc) is 3.49. The van der Waals surface area contributed by atoms with Crippen LogP contribution in [0.5, 0.6) is 0 Å². The van der Waals surface area contributed by atoms with Crippen molar-refractivity contribution in [1.29, 1.82) is 0 Å². The highest BCUT2D eigenvalue weighted by Crippen LogP contribution is 2.15. The summed E-state index contributed by atoms with van der Waals surface area (Å²) in [6.45, 7) is 6.50. The molecular formula is C77H128O6. The minimum absolute atomic E-state index is 0.0944. The molecule has 0 fully saturated rings. The van der Waals surface area contributed by atoms with Crippen LogP contribution in [-0.4, -0.2) is 37.2 Å². The molecule has 1 atom stereocenters. The highest BCUT2D eigenvalue weighted by Gasteiger charge is 2.19. The number of hydrogen-bond donors (Lipinski definition) is 0. The summed E-state index contributed by atoms with van der Waals surface area (Å²) in [4.78, 5) is 38.4. The van der Waals surface area contributed by atoms with Crippen LogP contribution in [0.15, 0.2) is 134 Å². The molecule has 0 N–H and O–H groups in total. The minimum atomic E-state index is -0.801. The van der Waals surface area contributed by atoms with Crippen LogP contribution in [0.4, 0.5) is 0 Å². The van der Waals surface area contributed by atoms with E-state index in [9.17, 15) is 14.4 Å². The van der Waals surface area contributed by atoms with E-state index in [1.165, 1.54) is 128 Å². The maximum absolute atomic E-state index is 13.0. The Morgan fingerprint density at radius 2 is 0.470 bits per heavy atom. The second kappa shape index (κ2) is 70.0. The van der Waals surface area contributed by atoms with Crippen LogP contribution in [0.25, 0.3) is 0 Å². The van der Waals surface area contributed by atoms with E-state index in [-0.39, 0.29) is 31.1 Å². The van der Waals surface area contributed by atoms with E-state index in [1.807, 2.05) is 0 Å². The average molecular weight is 1150 g/mol. The molecule has 0 rings (SSSR count). The van der Waals surface area contributed by atoms with Gasteiger partial charge in [0.05, 0.1) is 0 Å². The number of ether oxygens (including phenoxy) is 3. The Balaban J connectivity index is 4.43. The van der Waals surface area contributed by atoms with E-state index in [4.69, 9.17) is 14.2 Å². The first-order valence-electron chi connectivity index (χ1n) is 34.7. The van der Waals surface area contributed by atoms with Gasteiger partial charge in [-0.3, -0.25) is 14.4 Å². The fraction of sp³-hybridized carbons (Fsp3) is 0.675. The summed E-state index contributed by atoms with van der Waals surface area (Å²) < 4.78 is 17.0. The van der Waals surface area contributed by atoms with Crippen molar-refractivity contribution < 1.29 is 28.6 Å². The standard InChI is InChI=1S/C77H128O6/c1-4-7-10-13-16-19-22-25-28-30-32-34-36-37-38-39-41-42-44-46-49-52-55-58-61-64-67-70-76(79)82-73-74(72-81-75(78)69-66-63-60-57-54-51-48-27-24-21-18-15-12-9-6-3)83-77(80)71-68-65-62-59-56-53-50-47-45-43-40-35-33-31-29-26-23-20-17-14-11-8-5-2/h7,10,16,19,23,25-28,31-34,37-38,40-43,46,48-49,74H,4-6,8-9,11-15,17-18,20-22,24,29-30,35-36,39,44-45,47,50-73H2,1-3H3/b10-7-,19-16-,26-23-,28-25-,33-31-,34-32-,38-37-,42-41-,43-40-,48-27-,49-46-. The Hall–Kier alpha value is -4.45. The third-order valence-electron chi connectivity index (χ3n) is 14.6.